The fourth-order valence-electron chi connectivity index (χ4n) is 1.88. The third-order valence-electron chi connectivity index (χ3n) is 3.08. The summed E-state index contributed by atoms with van der Waals surface area (Å²) in [5, 5.41) is 7.13. The lowest BCUT2D eigenvalue weighted by Gasteiger charge is -2.09. The number of methoxy groups -OCH3 is 2. The summed E-state index contributed by atoms with van der Waals surface area (Å²) < 4.78 is 15.9. The van der Waals surface area contributed by atoms with Crippen molar-refractivity contribution in [1.29, 1.82) is 0 Å². The van der Waals surface area contributed by atoms with Gasteiger partial charge in [0.2, 0.25) is 0 Å². The minimum Gasteiger partial charge on any atom is -0.493 e. The van der Waals surface area contributed by atoms with Crippen LogP contribution in [0.1, 0.15) is 12.7 Å². The second-order valence-corrected chi connectivity index (χ2v) is 4.45. The Morgan fingerprint density at radius 3 is 2.67 bits per heavy atom. The van der Waals surface area contributed by atoms with Crippen LogP contribution in [-0.4, -0.2) is 37.4 Å². The van der Waals surface area contributed by atoms with Crippen LogP contribution in [0.15, 0.2) is 22.7 Å². The maximum absolute atomic E-state index is 5.37. The van der Waals surface area contributed by atoms with Crippen LogP contribution in [0.2, 0.25) is 0 Å². The van der Waals surface area contributed by atoms with E-state index in [-0.39, 0.29) is 18.4 Å². The highest BCUT2D eigenvalue weighted by Gasteiger charge is 2.17. The van der Waals surface area contributed by atoms with Gasteiger partial charge in [-0.25, -0.2) is 0 Å². The van der Waals surface area contributed by atoms with E-state index in [1.165, 1.54) is 0 Å². The van der Waals surface area contributed by atoms with Crippen molar-refractivity contribution in [3.63, 3.8) is 0 Å². The number of nitrogens with zero attached hydrogens (tertiary/aromatic N) is 2. The van der Waals surface area contributed by atoms with E-state index in [1.807, 2.05) is 25.2 Å². The number of para-hydroxylation sites is 1. The van der Waals surface area contributed by atoms with Crippen molar-refractivity contribution in [3.8, 4) is 23.0 Å². The van der Waals surface area contributed by atoms with E-state index in [1.54, 1.807) is 14.2 Å². The summed E-state index contributed by atoms with van der Waals surface area (Å²) in [7, 11) is 5.08. The molecule has 0 saturated carbocycles. The zero-order chi connectivity index (χ0) is 14.5. The molecule has 0 aliphatic carbocycles. The summed E-state index contributed by atoms with van der Waals surface area (Å²) in [4.78, 5) is 4.40. The smallest absolute Gasteiger partial charge is 0.261 e. The van der Waals surface area contributed by atoms with Crippen LogP contribution in [0.4, 0.5) is 0 Å². The van der Waals surface area contributed by atoms with Gasteiger partial charge < -0.3 is 19.3 Å². The van der Waals surface area contributed by atoms with E-state index in [2.05, 4.69) is 22.4 Å². The first kappa shape index (κ1) is 17.3. The van der Waals surface area contributed by atoms with Crippen LogP contribution in [-0.2, 0) is 6.42 Å². The number of hydrogen-bond donors (Lipinski definition) is 1. The highest BCUT2D eigenvalue weighted by Crippen LogP contribution is 2.36. The van der Waals surface area contributed by atoms with Crippen molar-refractivity contribution in [2.45, 2.75) is 19.4 Å². The van der Waals surface area contributed by atoms with Gasteiger partial charge in [-0.15, -0.1) is 12.4 Å². The summed E-state index contributed by atoms with van der Waals surface area (Å²) in [6.45, 7) is 2.06. The van der Waals surface area contributed by atoms with Gasteiger partial charge in [0.15, 0.2) is 17.3 Å². The topological polar surface area (TPSA) is 69.4 Å². The van der Waals surface area contributed by atoms with Crippen molar-refractivity contribution in [3.05, 3.63) is 24.0 Å². The molecule has 0 saturated heterocycles. The molecule has 1 aromatic heterocycles. The molecule has 1 heterocycles. The first-order valence-corrected chi connectivity index (χ1v) is 6.40. The van der Waals surface area contributed by atoms with Crippen molar-refractivity contribution >= 4 is 12.4 Å². The van der Waals surface area contributed by atoms with E-state index in [9.17, 15) is 0 Å². The van der Waals surface area contributed by atoms with E-state index >= 15 is 0 Å². The molecule has 0 aliphatic heterocycles. The van der Waals surface area contributed by atoms with Crippen LogP contribution in [0.5, 0.6) is 11.5 Å². The Morgan fingerprint density at radius 1 is 1.29 bits per heavy atom. The number of benzene rings is 1. The molecular weight excluding hydrogens is 294 g/mol. The Bertz CT molecular complexity index is 574. The van der Waals surface area contributed by atoms with Crippen molar-refractivity contribution in [2.75, 3.05) is 21.3 Å². The van der Waals surface area contributed by atoms with Gasteiger partial charge in [0.25, 0.3) is 5.89 Å². The maximum atomic E-state index is 5.37. The molecule has 6 nitrogen and oxygen atoms in total. The van der Waals surface area contributed by atoms with E-state index in [0.29, 0.717) is 29.6 Å². The monoisotopic (exact) mass is 313 g/mol. The molecule has 1 N–H and O–H groups in total. The molecule has 0 radical (unpaired) electrons. The predicted octanol–water partition coefficient (Wildman–Crippen LogP) is 2.33. The van der Waals surface area contributed by atoms with Gasteiger partial charge in [0, 0.05) is 12.5 Å². The van der Waals surface area contributed by atoms with Crippen molar-refractivity contribution < 1.29 is 14.0 Å². The summed E-state index contributed by atoms with van der Waals surface area (Å²) in [5.41, 5.74) is 0.725. The minimum absolute atomic E-state index is 0. The molecule has 116 valence electrons. The van der Waals surface area contributed by atoms with Crippen LogP contribution < -0.4 is 14.8 Å². The van der Waals surface area contributed by atoms with Crippen molar-refractivity contribution in [1.82, 2.24) is 15.5 Å². The fourth-order valence-corrected chi connectivity index (χ4v) is 1.88. The molecule has 0 amide bonds. The SMILES string of the molecule is CNC(C)Cc1noc(-c2cccc(OC)c2OC)n1.Cl. The zero-order valence-corrected chi connectivity index (χ0v) is 13.4. The molecule has 0 fully saturated rings. The van der Waals surface area contributed by atoms with E-state index in [0.717, 1.165) is 5.56 Å². The lowest BCUT2D eigenvalue weighted by Crippen LogP contribution is -2.24. The van der Waals surface area contributed by atoms with Gasteiger partial charge >= 0.3 is 0 Å². The quantitative estimate of drug-likeness (QED) is 0.882. The zero-order valence-electron chi connectivity index (χ0n) is 12.5. The average Bonchev–Trinajstić information content (AvgIpc) is 2.94. The predicted molar refractivity (Wildman–Crippen MR) is 82.3 cm³/mol. The molecule has 0 spiro atoms. The van der Waals surface area contributed by atoms with Gasteiger partial charge in [-0.3, -0.25) is 0 Å². The maximum Gasteiger partial charge on any atom is 0.261 e. The molecular formula is C14H20ClN3O3. The molecule has 21 heavy (non-hydrogen) atoms. The number of ether oxygens (including phenoxy) is 2. The first-order chi connectivity index (χ1) is 9.69. The van der Waals surface area contributed by atoms with Crippen molar-refractivity contribution in [2.24, 2.45) is 0 Å². The standard InChI is InChI=1S/C14H19N3O3.ClH/c1-9(15-2)8-12-16-14(20-17-12)10-6-5-7-11(18-3)13(10)19-4;/h5-7,9,15H,8H2,1-4H3;1H. The molecule has 2 aromatic rings. The highest BCUT2D eigenvalue weighted by molar-refractivity contribution is 5.85. The molecule has 1 unspecified atom stereocenters. The number of rotatable bonds is 6. The van der Waals surface area contributed by atoms with Crippen LogP contribution >= 0.6 is 12.4 Å². The molecule has 1 atom stereocenters. The van der Waals surface area contributed by atoms with Crippen LogP contribution in [0.3, 0.4) is 0 Å². The Balaban J connectivity index is 0.00000220. The second kappa shape index (κ2) is 7.85. The third-order valence-corrected chi connectivity index (χ3v) is 3.08. The molecule has 0 aliphatic rings. The Kier molecular flexibility index (Phi) is 6.45. The molecule has 1 aromatic carbocycles. The summed E-state index contributed by atoms with van der Waals surface area (Å²) >= 11 is 0. The van der Waals surface area contributed by atoms with Gasteiger partial charge in [-0.05, 0) is 26.1 Å². The number of halogens is 1. The lowest BCUT2D eigenvalue weighted by atomic mass is 10.2. The van der Waals surface area contributed by atoms with Gasteiger partial charge in [0.1, 0.15) is 0 Å². The van der Waals surface area contributed by atoms with Crippen LogP contribution in [0.25, 0.3) is 11.5 Å². The van der Waals surface area contributed by atoms with Gasteiger partial charge in [-0.2, -0.15) is 4.98 Å². The minimum atomic E-state index is 0. The Labute approximate surface area is 130 Å². The lowest BCUT2D eigenvalue weighted by molar-refractivity contribution is 0.353. The first-order valence-electron chi connectivity index (χ1n) is 6.40. The second-order valence-electron chi connectivity index (χ2n) is 4.45. The number of aromatic nitrogens is 2. The van der Waals surface area contributed by atoms with Gasteiger partial charge in [-0.1, -0.05) is 11.2 Å². The normalized spacial score (nSPS) is 11.6. The van der Waals surface area contributed by atoms with E-state index in [4.69, 9.17) is 14.0 Å². The third kappa shape index (κ3) is 3.86. The van der Waals surface area contributed by atoms with E-state index < -0.39 is 0 Å². The Hall–Kier alpha value is -1.79. The largest absolute Gasteiger partial charge is 0.493 e. The molecule has 7 heteroatoms. The summed E-state index contributed by atoms with van der Waals surface area (Å²) in [5.74, 6) is 2.31. The van der Waals surface area contributed by atoms with Crippen LogP contribution in [0, 0.1) is 0 Å². The summed E-state index contributed by atoms with van der Waals surface area (Å²) in [6, 6.07) is 5.83. The number of nitrogens with one attached hydrogen (secondary N) is 1. The highest BCUT2D eigenvalue weighted by atomic mass is 35.5. The fraction of sp³-hybridized carbons (Fsp3) is 0.429. The average molecular weight is 314 g/mol. The molecule has 0 bridgehead atoms. The Morgan fingerprint density at radius 2 is 2.05 bits per heavy atom. The summed E-state index contributed by atoms with van der Waals surface area (Å²) in [6.07, 6.45) is 0.701. The number of likely N-dealkylation sites (N-methyl/N-ethyl adjacent to an activating group) is 1. The number of hydrogen-bond acceptors (Lipinski definition) is 6. The molecule has 2 rings (SSSR count). The van der Waals surface area contributed by atoms with Gasteiger partial charge in [0.05, 0.1) is 19.8 Å².